The minimum atomic E-state index is -0.224. The van der Waals surface area contributed by atoms with Crippen molar-refractivity contribution >= 4 is 18.3 Å². The molecule has 0 radical (unpaired) electrons. The van der Waals surface area contributed by atoms with Gasteiger partial charge in [0.15, 0.2) is 0 Å². The Hall–Kier alpha value is -0.930. The van der Waals surface area contributed by atoms with Crippen LogP contribution in [0, 0.1) is 0 Å². The molecule has 64 valence electrons. The van der Waals surface area contributed by atoms with Gasteiger partial charge in [-0.15, -0.1) is 12.6 Å². The summed E-state index contributed by atoms with van der Waals surface area (Å²) in [7, 11) is 0. The minimum Gasteiger partial charge on any atom is -0.366 e. The maximum atomic E-state index is 5.61. The molecule has 3 heteroatoms. The second-order valence-electron chi connectivity index (χ2n) is 2.42. The van der Waals surface area contributed by atoms with Crippen LogP contribution < -0.4 is 11.1 Å². The van der Waals surface area contributed by atoms with Crippen LogP contribution in [0.25, 0.3) is 0 Å². The fourth-order valence-corrected chi connectivity index (χ4v) is 1.06. The number of rotatable bonds is 3. The summed E-state index contributed by atoms with van der Waals surface area (Å²) in [5.74, 6) is 0. The highest BCUT2D eigenvalue weighted by molar-refractivity contribution is 7.80. The fraction of sp³-hybridized carbons (Fsp3) is 0.111. The van der Waals surface area contributed by atoms with E-state index < -0.39 is 0 Å². The van der Waals surface area contributed by atoms with Gasteiger partial charge in [-0.1, -0.05) is 24.8 Å². The average Bonchev–Trinajstić information content (AvgIpc) is 2.09. The number of anilines is 1. The smallest absolute Gasteiger partial charge is 0.0933 e. The first kappa shape index (κ1) is 9.16. The van der Waals surface area contributed by atoms with Crippen molar-refractivity contribution in [1.29, 1.82) is 0 Å². The third kappa shape index (κ3) is 2.29. The van der Waals surface area contributed by atoms with Gasteiger partial charge < -0.3 is 11.1 Å². The molecule has 0 bridgehead atoms. The molecule has 0 aliphatic rings. The second-order valence-corrected chi connectivity index (χ2v) is 2.90. The predicted octanol–water partition coefficient (Wildman–Crippen LogP) is 1.86. The standard InChI is InChI=1S/C9H12N2S/c1-2-9(10)11-7-5-3-4-6-8(7)12/h2-6,9,11-12H,1,10H2. The van der Waals surface area contributed by atoms with E-state index in [4.69, 9.17) is 5.73 Å². The average molecular weight is 180 g/mol. The van der Waals surface area contributed by atoms with Crippen LogP contribution >= 0.6 is 12.6 Å². The lowest BCUT2D eigenvalue weighted by molar-refractivity contribution is 0.939. The number of nitrogens with two attached hydrogens (primary N) is 1. The van der Waals surface area contributed by atoms with Crippen molar-refractivity contribution in [1.82, 2.24) is 0 Å². The summed E-state index contributed by atoms with van der Waals surface area (Å²) in [5, 5.41) is 3.04. The zero-order valence-electron chi connectivity index (χ0n) is 6.70. The van der Waals surface area contributed by atoms with Gasteiger partial charge in [0.2, 0.25) is 0 Å². The Morgan fingerprint density at radius 1 is 1.50 bits per heavy atom. The van der Waals surface area contributed by atoms with E-state index in [-0.39, 0.29) is 6.17 Å². The Balaban J connectivity index is 2.75. The maximum absolute atomic E-state index is 5.61. The molecule has 1 atom stereocenters. The van der Waals surface area contributed by atoms with E-state index in [0.29, 0.717) is 0 Å². The van der Waals surface area contributed by atoms with Crippen LogP contribution in [0.3, 0.4) is 0 Å². The summed E-state index contributed by atoms with van der Waals surface area (Å²) >= 11 is 4.26. The third-order valence-electron chi connectivity index (χ3n) is 1.48. The van der Waals surface area contributed by atoms with Crippen LogP contribution in [0.15, 0.2) is 41.8 Å². The SMILES string of the molecule is C=CC(N)Nc1ccccc1S. The molecule has 0 saturated carbocycles. The van der Waals surface area contributed by atoms with E-state index in [1.165, 1.54) is 0 Å². The van der Waals surface area contributed by atoms with Crippen LogP contribution in [0.5, 0.6) is 0 Å². The number of hydrogen-bond donors (Lipinski definition) is 3. The van der Waals surface area contributed by atoms with Crippen molar-refractivity contribution < 1.29 is 0 Å². The number of hydrogen-bond acceptors (Lipinski definition) is 3. The van der Waals surface area contributed by atoms with Gasteiger partial charge in [-0.25, -0.2) is 0 Å². The minimum absolute atomic E-state index is 0.224. The molecule has 2 nitrogen and oxygen atoms in total. The number of thiol groups is 1. The second kappa shape index (κ2) is 4.18. The van der Waals surface area contributed by atoms with Crippen molar-refractivity contribution in [3.05, 3.63) is 36.9 Å². The van der Waals surface area contributed by atoms with Gasteiger partial charge in [-0.05, 0) is 12.1 Å². The zero-order chi connectivity index (χ0) is 8.97. The fourth-order valence-electron chi connectivity index (χ4n) is 0.834. The molecule has 0 saturated heterocycles. The predicted molar refractivity (Wildman–Crippen MR) is 55.5 cm³/mol. The van der Waals surface area contributed by atoms with E-state index in [9.17, 15) is 0 Å². The number of benzene rings is 1. The van der Waals surface area contributed by atoms with Gasteiger partial charge in [0, 0.05) is 10.6 Å². The van der Waals surface area contributed by atoms with E-state index in [2.05, 4.69) is 24.5 Å². The molecular formula is C9H12N2S. The summed E-state index contributed by atoms with van der Waals surface area (Å²) < 4.78 is 0. The molecule has 1 unspecified atom stereocenters. The molecule has 0 spiro atoms. The van der Waals surface area contributed by atoms with Gasteiger partial charge >= 0.3 is 0 Å². The molecule has 12 heavy (non-hydrogen) atoms. The summed E-state index contributed by atoms with van der Waals surface area (Å²) in [6.45, 7) is 3.57. The number of para-hydroxylation sites is 1. The van der Waals surface area contributed by atoms with Gasteiger partial charge in [-0.2, -0.15) is 0 Å². The molecule has 0 amide bonds. The van der Waals surface area contributed by atoms with Gasteiger partial charge in [0.1, 0.15) is 0 Å². The first-order valence-corrected chi connectivity index (χ1v) is 4.11. The maximum Gasteiger partial charge on any atom is 0.0933 e. The molecule has 0 aliphatic heterocycles. The lowest BCUT2D eigenvalue weighted by atomic mass is 10.3. The highest BCUT2D eigenvalue weighted by atomic mass is 32.1. The van der Waals surface area contributed by atoms with Crippen molar-refractivity contribution in [2.24, 2.45) is 5.73 Å². The molecular weight excluding hydrogens is 168 g/mol. The monoisotopic (exact) mass is 180 g/mol. The van der Waals surface area contributed by atoms with Crippen molar-refractivity contribution in [2.45, 2.75) is 11.1 Å². The Labute approximate surface area is 77.9 Å². The molecule has 1 aromatic rings. The topological polar surface area (TPSA) is 38.0 Å². The first-order chi connectivity index (χ1) is 5.74. The van der Waals surface area contributed by atoms with Crippen LogP contribution in [0.2, 0.25) is 0 Å². The highest BCUT2D eigenvalue weighted by Gasteiger charge is 1.98. The van der Waals surface area contributed by atoms with Crippen molar-refractivity contribution in [3.8, 4) is 0 Å². The van der Waals surface area contributed by atoms with E-state index >= 15 is 0 Å². The largest absolute Gasteiger partial charge is 0.366 e. The van der Waals surface area contributed by atoms with Crippen LogP contribution in [-0.4, -0.2) is 6.17 Å². The lowest BCUT2D eigenvalue weighted by Gasteiger charge is -2.12. The van der Waals surface area contributed by atoms with Gasteiger partial charge in [0.05, 0.1) is 6.17 Å². The van der Waals surface area contributed by atoms with Crippen LogP contribution in [-0.2, 0) is 0 Å². The van der Waals surface area contributed by atoms with Crippen LogP contribution in [0.4, 0.5) is 5.69 Å². The van der Waals surface area contributed by atoms with E-state index in [0.717, 1.165) is 10.6 Å². The van der Waals surface area contributed by atoms with Gasteiger partial charge in [-0.3, -0.25) is 0 Å². The Morgan fingerprint density at radius 2 is 2.17 bits per heavy atom. The summed E-state index contributed by atoms with van der Waals surface area (Å²) in [4.78, 5) is 0.884. The lowest BCUT2D eigenvalue weighted by Crippen LogP contribution is -2.26. The molecule has 0 heterocycles. The first-order valence-electron chi connectivity index (χ1n) is 3.66. The Bertz CT molecular complexity index is 273. The quantitative estimate of drug-likeness (QED) is 0.377. The van der Waals surface area contributed by atoms with E-state index in [1.807, 2.05) is 24.3 Å². The van der Waals surface area contributed by atoms with E-state index in [1.54, 1.807) is 6.08 Å². The normalized spacial score (nSPS) is 12.2. The van der Waals surface area contributed by atoms with Crippen molar-refractivity contribution in [2.75, 3.05) is 5.32 Å². The molecule has 1 aromatic carbocycles. The Morgan fingerprint density at radius 3 is 2.75 bits per heavy atom. The summed E-state index contributed by atoms with van der Waals surface area (Å²) in [6.07, 6.45) is 1.42. The highest BCUT2D eigenvalue weighted by Crippen LogP contribution is 2.18. The zero-order valence-corrected chi connectivity index (χ0v) is 7.59. The molecule has 0 aromatic heterocycles. The molecule has 1 rings (SSSR count). The molecule has 0 aliphatic carbocycles. The Kier molecular flexibility index (Phi) is 3.19. The summed E-state index contributed by atoms with van der Waals surface area (Å²) in [5.41, 5.74) is 6.54. The third-order valence-corrected chi connectivity index (χ3v) is 1.87. The number of nitrogens with one attached hydrogen (secondary N) is 1. The van der Waals surface area contributed by atoms with Crippen molar-refractivity contribution in [3.63, 3.8) is 0 Å². The summed E-state index contributed by atoms with van der Waals surface area (Å²) in [6, 6.07) is 7.68. The molecule has 3 N–H and O–H groups in total. The molecule has 0 fully saturated rings. The van der Waals surface area contributed by atoms with Crippen LogP contribution in [0.1, 0.15) is 0 Å². The van der Waals surface area contributed by atoms with Gasteiger partial charge in [0.25, 0.3) is 0 Å².